The molecule has 0 fully saturated rings. The standard InChI is InChI=1S/C17H19BrFN3O3S/c1-11(12-3-6-14(7-4-12)26(20,24)25)22(2)10-17(23)21-16-8-5-13(18)9-15(16)19/h3-9,11H,10H2,1-2H3,(H,21,23)(H2,20,24,25). The summed E-state index contributed by atoms with van der Waals surface area (Å²) in [6.07, 6.45) is 0. The van der Waals surface area contributed by atoms with Crippen LogP contribution in [0.3, 0.4) is 0 Å². The van der Waals surface area contributed by atoms with E-state index in [-0.39, 0.29) is 29.1 Å². The van der Waals surface area contributed by atoms with Gasteiger partial charge in [-0.2, -0.15) is 0 Å². The molecule has 0 saturated heterocycles. The van der Waals surface area contributed by atoms with Crippen LogP contribution in [-0.4, -0.2) is 32.8 Å². The molecule has 0 aliphatic heterocycles. The normalized spacial score (nSPS) is 12.8. The number of sulfonamides is 1. The van der Waals surface area contributed by atoms with Crippen LogP contribution >= 0.6 is 15.9 Å². The molecule has 1 amide bonds. The Hall–Kier alpha value is -1.81. The fraction of sp³-hybridized carbons (Fsp3) is 0.235. The molecule has 0 aliphatic rings. The summed E-state index contributed by atoms with van der Waals surface area (Å²) in [7, 11) is -2.00. The SMILES string of the molecule is CC(c1ccc(S(N)(=O)=O)cc1)N(C)CC(=O)Nc1ccc(Br)cc1F. The monoisotopic (exact) mass is 443 g/mol. The number of carbonyl (C=O) groups is 1. The molecule has 0 heterocycles. The number of carbonyl (C=O) groups excluding carboxylic acids is 1. The molecule has 9 heteroatoms. The molecule has 0 spiro atoms. The quantitative estimate of drug-likeness (QED) is 0.717. The Labute approximate surface area is 160 Å². The molecule has 2 aromatic rings. The first kappa shape index (κ1) is 20.5. The minimum Gasteiger partial charge on any atom is -0.322 e. The summed E-state index contributed by atoms with van der Waals surface area (Å²) in [5.74, 6) is -0.885. The van der Waals surface area contributed by atoms with Gasteiger partial charge >= 0.3 is 0 Å². The molecule has 0 bridgehead atoms. The summed E-state index contributed by atoms with van der Waals surface area (Å²) >= 11 is 3.16. The lowest BCUT2D eigenvalue weighted by Gasteiger charge is -2.24. The van der Waals surface area contributed by atoms with Gasteiger partial charge in [0.1, 0.15) is 5.82 Å². The van der Waals surface area contributed by atoms with E-state index in [1.165, 1.54) is 24.3 Å². The fourth-order valence-electron chi connectivity index (χ4n) is 2.33. The topological polar surface area (TPSA) is 92.5 Å². The number of rotatable bonds is 6. The number of likely N-dealkylation sites (N-methyl/N-ethyl adjacent to an activating group) is 1. The second-order valence-electron chi connectivity index (χ2n) is 5.88. The number of benzene rings is 2. The molecule has 1 atom stereocenters. The highest BCUT2D eigenvalue weighted by molar-refractivity contribution is 9.10. The van der Waals surface area contributed by atoms with Gasteiger partial charge in [-0.15, -0.1) is 0 Å². The molecule has 0 aromatic heterocycles. The van der Waals surface area contributed by atoms with Crippen LogP contribution in [0.2, 0.25) is 0 Å². The highest BCUT2D eigenvalue weighted by atomic mass is 79.9. The second-order valence-corrected chi connectivity index (χ2v) is 8.35. The van der Waals surface area contributed by atoms with Crippen molar-refractivity contribution in [1.82, 2.24) is 4.90 Å². The van der Waals surface area contributed by atoms with E-state index in [2.05, 4.69) is 21.2 Å². The minimum absolute atomic E-state index is 0.0274. The van der Waals surface area contributed by atoms with Crippen molar-refractivity contribution in [2.45, 2.75) is 17.9 Å². The molecule has 0 aliphatic carbocycles. The van der Waals surface area contributed by atoms with Crippen LogP contribution in [0.15, 0.2) is 51.8 Å². The van der Waals surface area contributed by atoms with Gasteiger partial charge in [0.2, 0.25) is 15.9 Å². The van der Waals surface area contributed by atoms with Crippen LogP contribution in [-0.2, 0) is 14.8 Å². The zero-order valence-electron chi connectivity index (χ0n) is 14.2. The van der Waals surface area contributed by atoms with Gasteiger partial charge in [-0.3, -0.25) is 9.69 Å². The van der Waals surface area contributed by atoms with Gasteiger partial charge < -0.3 is 5.32 Å². The van der Waals surface area contributed by atoms with Crippen LogP contribution in [0, 0.1) is 5.82 Å². The maximum absolute atomic E-state index is 13.8. The number of primary sulfonamides is 1. The van der Waals surface area contributed by atoms with Gasteiger partial charge in [-0.25, -0.2) is 17.9 Å². The number of halogens is 2. The van der Waals surface area contributed by atoms with Crippen molar-refractivity contribution < 1.29 is 17.6 Å². The van der Waals surface area contributed by atoms with Crippen molar-refractivity contribution in [1.29, 1.82) is 0 Å². The molecule has 3 N–H and O–H groups in total. The Morgan fingerprint density at radius 2 is 1.88 bits per heavy atom. The van der Waals surface area contributed by atoms with Crippen LogP contribution in [0.4, 0.5) is 10.1 Å². The number of anilines is 1. The average molecular weight is 444 g/mol. The van der Waals surface area contributed by atoms with Gasteiger partial charge in [-0.05, 0) is 49.9 Å². The first-order valence-corrected chi connectivity index (χ1v) is 10.00. The van der Waals surface area contributed by atoms with Crippen molar-refractivity contribution in [3.05, 3.63) is 58.3 Å². The van der Waals surface area contributed by atoms with E-state index in [4.69, 9.17) is 5.14 Å². The van der Waals surface area contributed by atoms with Crippen LogP contribution < -0.4 is 10.5 Å². The lowest BCUT2D eigenvalue weighted by Crippen LogP contribution is -2.32. The van der Waals surface area contributed by atoms with E-state index in [0.717, 1.165) is 5.56 Å². The average Bonchev–Trinajstić information content (AvgIpc) is 2.56. The minimum atomic E-state index is -3.74. The van der Waals surface area contributed by atoms with Crippen molar-refractivity contribution in [3.8, 4) is 0 Å². The van der Waals surface area contributed by atoms with E-state index >= 15 is 0 Å². The Kier molecular flexibility index (Phi) is 6.51. The molecule has 26 heavy (non-hydrogen) atoms. The van der Waals surface area contributed by atoms with E-state index in [1.54, 1.807) is 30.1 Å². The predicted octanol–water partition coefficient (Wildman–Crippen LogP) is 2.87. The Balaban J connectivity index is 2.01. The van der Waals surface area contributed by atoms with E-state index < -0.39 is 15.8 Å². The number of hydrogen-bond donors (Lipinski definition) is 2. The zero-order valence-corrected chi connectivity index (χ0v) is 16.6. The predicted molar refractivity (Wildman–Crippen MR) is 102 cm³/mol. The summed E-state index contributed by atoms with van der Waals surface area (Å²) in [6.45, 7) is 1.91. The van der Waals surface area contributed by atoms with Gasteiger partial charge in [0, 0.05) is 10.5 Å². The van der Waals surface area contributed by atoms with Crippen molar-refractivity contribution in [3.63, 3.8) is 0 Å². The number of amides is 1. The highest BCUT2D eigenvalue weighted by Gasteiger charge is 2.17. The summed E-state index contributed by atoms with van der Waals surface area (Å²) in [6, 6.07) is 10.4. The molecule has 0 radical (unpaired) electrons. The first-order valence-electron chi connectivity index (χ1n) is 7.66. The van der Waals surface area contributed by atoms with Crippen molar-refractivity contribution in [2.75, 3.05) is 18.9 Å². The summed E-state index contributed by atoms with van der Waals surface area (Å²) < 4.78 is 37.0. The van der Waals surface area contributed by atoms with Gasteiger partial charge in [0.15, 0.2) is 0 Å². The van der Waals surface area contributed by atoms with Crippen LogP contribution in [0.1, 0.15) is 18.5 Å². The number of hydrogen-bond acceptors (Lipinski definition) is 4. The van der Waals surface area contributed by atoms with Crippen molar-refractivity contribution >= 4 is 37.5 Å². The maximum atomic E-state index is 13.8. The molecule has 6 nitrogen and oxygen atoms in total. The van der Waals surface area contributed by atoms with Crippen LogP contribution in [0.25, 0.3) is 0 Å². The molecule has 1 unspecified atom stereocenters. The van der Waals surface area contributed by atoms with E-state index in [9.17, 15) is 17.6 Å². The molecule has 2 aromatic carbocycles. The Morgan fingerprint density at radius 3 is 2.42 bits per heavy atom. The largest absolute Gasteiger partial charge is 0.322 e. The second kappa shape index (κ2) is 8.26. The van der Waals surface area contributed by atoms with Crippen molar-refractivity contribution in [2.24, 2.45) is 5.14 Å². The Morgan fingerprint density at radius 1 is 1.27 bits per heavy atom. The summed E-state index contributed by atoms with van der Waals surface area (Å²) in [4.78, 5) is 13.9. The number of nitrogens with two attached hydrogens (primary N) is 1. The smallest absolute Gasteiger partial charge is 0.238 e. The molecular formula is C17H19BrFN3O3S. The van der Waals surface area contributed by atoms with E-state index in [0.29, 0.717) is 4.47 Å². The zero-order chi connectivity index (χ0) is 19.5. The number of nitrogens with zero attached hydrogens (tertiary/aromatic N) is 1. The molecule has 0 saturated carbocycles. The number of nitrogens with one attached hydrogen (secondary N) is 1. The highest BCUT2D eigenvalue weighted by Crippen LogP contribution is 2.22. The maximum Gasteiger partial charge on any atom is 0.238 e. The summed E-state index contributed by atoms with van der Waals surface area (Å²) in [5, 5.41) is 7.61. The molecule has 140 valence electrons. The van der Waals surface area contributed by atoms with Gasteiger partial charge in [0.05, 0.1) is 17.1 Å². The third kappa shape index (κ3) is 5.34. The van der Waals surface area contributed by atoms with Gasteiger partial charge in [-0.1, -0.05) is 28.1 Å². The molecule has 2 rings (SSSR count). The first-order chi connectivity index (χ1) is 12.1. The fourth-order valence-corrected chi connectivity index (χ4v) is 3.18. The third-order valence-corrected chi connectivity index (χ3v) is 5.37. The van der Waals surface area contributed by atoms with Crippen LogP contribution in [0.5, 0.6) is 0 Å². The summed E-state index contributed by atoms with van der Waals surface area (Å²) in [5.41, 5.74) is 0.930. The van der Waals surface area contributed by atoms with E-state index in [1.807, 2.05) is 6.92 Å². The lowest BCUT2D eigenvalue weighted by atomic mass is 10.1. The molecular weight excluding hydrogens is 425 g/mol. The van der Waals surface area contributed by atoms with Gasteiger partial charge in [0.25, 0.3) is 0 Å². The Bertz CT molecular complexity index is 904. The lowest BCUT2D eigenvalue weighted by molar-refractivity contribution is -0.117. The third-order valence-electron chi connectivity index (χ3n) is 3.95.